The second kappa shape index (κ2) is 6.35. The van der Waals surface area contributed by atoms with E-state index in [9.17, 15) is 4.79 Å². The molecule has 0 fully saturated rings. The molecule has 0 amide bonds. The highest BCUT2D eigenvalue weighted by atomic mass is 28.4. The molecule has 0 bridgehead atoms. The van der Waals surface area contributed by atoms with Gasteiger partial charge in [0.2, 0.25) is 0 Å². The van der Waals surface area contributed by atoms with Crippen LogP contribution in [-0.4, -0.2) is 26.0 Å². The molecule has 0 aromatic heterocycles. The van der Waals surface area contributed by atoms with E-state index in [1.165, 1.54) is 0 Å². The predicted octanol–water partition coefficient (Wildman–Crippen LogP) is 3.82. The van der Waals surface area contributed by atoms with Gasteiger partial charge in [0, 0.05) is 0 Å². The monoisotopic (exact) mass is 258 g/mol. The van der Waals surface area contributed by atoms with Gasteiger partial charge in [0.25, 0.3) is 0 Å². The first-order valence-electron chi connectivity index (χ1n) is 6.18. The van der Waals surface area contributed by atoms with Crippen LogP contribution in [0.25, 0.3) is 0 Å². The van der Waals surface area contributed by atoms with Crippen molar-refractivity contribution >= 4 is 14.3 Å². The quantitative estimate of drug-likeness (QED) is 0.582. The zero-order valence-electron chi connectivity index (χ0n) is 12.0. The number of carboxylic acid groups (broad SMARTS) is 1. The van der Waals surface area contributed by atoms with Gasteiger partial charge in [0.05, 0.1) is 12.2 Å². The maximum atomic E-state index is 11.0. The predicted molar refractivity (Wildman–Crippen MR) is 73.8 cm³/mol. The number of carboxylic acids is 1. The molecule has 100 valence electrons. The highest BCUT2D eigenvalue weighted by molar-refractivity contribution is 6.74. The SMILES string of the molecule is CCC/C=C(/CO[Si](C)(C)C(C)(C)C)C(=O)O. The van der Waals surface area contributed by atoms with Gasteiger partial charge in [-0.25, -0.2) is 4.79 Å². The maximum Gasteiger partial charge on any atom is 0.333 e. The second-order valence-electron chi connectivity index (χ2n) is 5.87. The molecule has 0 spiro atoms. The molecule has 0 aliphatic heterocycles. The van der Waals surface area contributed by atoms with E-state index in [1.54, 1.807) is 6.08 Å². The molecular formula is C13H26O3Si. The number of rotatable bonds is 6. The van der Waals surface area contributed by atoms with E-state index < -0.39 is 14.3 Å². The lowest BCUT2D eigenvalue weighted by atomic mass is 10.2. The lowest BCUT2D eigenvalue weighted by Crippen LogP contribution is -2.41. The van der Waals surface area contributed by atoms with E-state index in [2.05, 4.69) is 33.9 Å². The summed E-state index contributed by atoms with van der Waals surface area (Å²) in [7, 11) is -1.86. The van der Waals surface area contributed by atoms with Crippen LogP contribution >= 0.6 is 0 Å². The first-order valence-corrected chi connectivity index (χ1v) is 9.09. The fourth-order valence-electron chi connectivity index (χ4n) is 1.00. The van der Waals surface area contributed by atoms with Crippen molar-refractivity contribution in [1.29, 1.82) is 0 Å². The van der Waals surface area contributed by atoms with Gasteiger partial charge in [-0.3, -0.25) is 0 Å². The molecule has 0 aromatic rings. The van der Waals surface area contributed by atoms with Crippen LogP contribution < -0.4 is 0 Å². The fourth-order valence-corrected chi connectivity index (χ4v) is 1.95. The van der Waals surface area contributed by atoms with Crippen LogP contribution in [0.1, 0.15) is 40.5 Å². The average Bonchev–Trinajstić information content (AvgIpc) is 2.15. The van der Waals surface area contributed by atoms with Gasteiger partial charge in [0.15, 0.2) is 8.32 Å². The summed E-state index contributed by atoms with van der Waals surface area (Å²) in [6.07, 6.45) is 3.52. The summed E-state index contributed by atoms with van der Waals surface area (Å²) in [6, 6.07) is 0. The van der Waals surface area contributed by atoms with Gasteiger partial charge in [-0.15, -0.1) is 0 Å². The molecular weight excluding hydrogens is 232 g/mol. The first-order chi connectivity index (χ1) is 7.62. The van der Waals surface area contributed by atoms with E-state index >= 15 is 0 Å². The lowest BCUT2D eigenvalue weighted by molar-refractivity contribution is -0.133. The minimum Gasteiger partial charge on any atom is -0.478 e. The van der Waals surface area contributed by atoms with Gasteiger partial charge in [-0.05, 0) is 24.6 Å². The highest BCUT2D eigenvalue weighted by Gasteiger charge is 2.37. The summed E-state index contributed by atoms with van der Waals surface area (Å²) in [6.45, 7) is 13.0. The Morgan fingerprint density at radius 3 is 2.24 bits per heavy atom. The zero-order chi connectivity index (χ0) is 13.7. The van der Waals surface area contributed by atoms with Crippen LogP contribution in [0.3, 0.4) is 0 Å². The number of hydrogen-bond donors (Lipinski definition) is 1. The maximum absolute atomic E-state index is 11.0. The molecule has 0 saturated heterocycles. The molecule has 0 aliphatic rings. The summed E-state index contributed by atoms with van der Waals surface area (Å²) < 4.78 is 5.90. The molecule has 0 unspecified atom stereocenters. The van der Waals surface area contributed by atoms with Crippen LogP contribution in [-0.2, 0) is 9.22 Å². The Bertz CT molecular complexity index is 288. The Hall–Kier alpha value is -0.613. The number of allylic oxidation sites excluding steroid dienone is 1. The van der Waals surface area contributed by atoms with Gasteiger partial charge >= 0.3 is 5.97 Å². The van der Waals surface area contributed by atoms with Gasteiger partial charge < -0.3 is 9.53 Å². The van der Waals surface area contributed by atoms with E-state index in [1.807, 2.05) is 6.92 Å². The number of unbranched alkanes of at least 4 members (excludes halogenated alkanes) is 1. The standard InChI is InChI=1S/C13H26O3Si/c1-7-8-9-11(12(14)15)10-16-17(5,6)13(2,3)4/h9H,7-8,10H2,1-6H3,(H,14,15)/b11-9-. The van der Waals surface area contributed by atoms with Crippen LogP contribution in [0.15, 0.2) is 11.6 Å². The van der Waals surface area contributed by atoms with Crippen molar-refractivity contribution < 1.29 is 14.3 Å². The Balaban J connectivity index is 4.57. The fraction of sp³-hybridized carbons (Fsp3) is 0.769. The van der Waals surface area contributed by atoms with E-state index in [0.717, 1.165) is 12.8 Å². The Kier molecular flexibility index (Phi) is 6.13. The largest absolute Gasteiger partial charge is 0.478 e. The summed E-state index contributed by atoms with van der Waals surface area (Å²) in [5.74, 6) is -0.864. The van der Waals surface area contributed by atoms with Crippen molar-refractivity contribution in [1.82, 2.24) is 0 Å². The van der Waals surface area contributed by atoms with Crippen LogP contribution in [0.4, 0.5) is 0 Å². The van der Waals surface area contributed by atoms with Crippen LogP contribution in [0.5, 0.6) is 0 Å². The van der Waals surface area contributed by atoms with Gasteiger partial charge in [-0.1, -0.05) is 40.2 Å². The summed E-state index contributed by atoms with van der Waals surface area (Å²) in [5, 5.41) is 9.18. The number of hydrogen-bond acceptors (Lipinski definition) is 2. The molecule has 3 nitrogen and oxygen atoms in total. The number of carbonyl (C=O) groups is 1. The van der Waals surface area contributed by atoms with Crippen molar-refractivity contribution in [3.05, 3.63) is 11.6 Å². The van der Waals surface area contributed by atoms with Gasteiger partial charge in [0.1, 0.15) is 0 Å². The third-order valence-electron chi connectivity index (χ3n) is 3.35. The topological polar surface area (TPSA) is 46.5 Å². The molecule has 0 aromatic carbocycles. The van der Waals surface area contributed by atoms with Crippen molar-refractivity contribution in [3.63, 3.8) is 0 Å². The lowest BCUT2D eigenvalue weighted by Gasteiger charge is -2.36. The Morgan fingerprint density at radius 2 is 1.88 bits per heavy atom. The van der Waals surface area contributed by atoms with Crippen molar-refractivity contribution in [2.45, 2.75) is 58.7 Å². The second-order valence-corrected chi connectivity index (χ2v) is 10.7. The highest BCUT2D eigenvalue weighted by Crippen LogP contribution is 2.36. The molecule has 0 heterocycles. The molecule has 0 aliphatic carbocycles. The smallest absolute Gasteiger partial charge is 0.333 e. The van der Waals surface area contributed by atoms with Crippen LogP contribution in [0, 0.1) is 0 Å². The van der Waals surface area contributed by atoms with E-state index in [0.29, 0.717) is 5.57 Å². The molecule has 0 atom stereocenters. The Morgan fingerprint density at radius 1 is 1.35 bits per heavy atom. The molecule has 0 radical (unpaired) electrons. The molecule has 4 heteroatoms. The third kappa shape index (κ3) is 5.50. The third-order valence-corrected chi connectivity index (χ3v) is 7.83. The minimum atomic E-state index is -1.86. The minimum absolute atomic E-state index is 0.112. The zero-order valence-corrected chi connectivity index (χ0v) is 13.0. The molecule has 0 saturated carbocycles. The molecule has 1 N–H and O–H groups in total. The summed E-state index contributed by atoms with van der Waals surface area (Å²) in [5.41, 5.74) is 0.386. The van der Waals surface area contributed by atoms with E-state index in [4.69, 9.17) is 9.53 Å². The summed E-state index contributed by atoms with van der Waals surface area (Å²) >= 11 is 0. The summed E-state index contributed by atoms with van der Waals surface area (Å²) in [4.78, 5) is 11.0. The molecule has 17 heavy (non-hydrogen) atoms. The van der Waals surface area contributed by atoms with E-state index in [-0.39, 0.29) is 11.6 Å². The van der Waals surface area contributed by atoms with Crippen molar-refractivity contribution in [2.75, 3.05) is 6.61 Å². The first kappa shape index (κ1) is 16.4. The van der Waals surface area contributed by atoms with Crippen molar-refractivity contribution in [3.8, 4) is 0 Å². The normalized spacial score (nSPS) is 13.9. The van der Waals surface area contributed by atoms with Crippen LogP contribution in [0.2, 0.25) is 18.1 Å². The number of aliphatic carboxylic acids is 1. The van der Waals surface area contributed by atoms with Crippen molar-refractivity contribution in [2.24, 2.45) is 0 Å². The molecule has 0 rings (SSSR count). The van der Waals surface area contributed by atoms with Gasteiger partial charge in [-0.2, -0.15) is 0 Å². The Labute approximate surface area is 106 Å². The average molecular weight is 258 g/mol.